The third-order valence-corrected chi connectivity index (χ3v) is 5.34. The standard InChI is InChI=1S/C19H28N4OS/c1-25-14-10-18-20-19(23(21-18)12-13-24)17-9-5-6-11-22(17)15-16-7-3-2-4-8-16/h2-4,7-8,17,24H,5-6,9-15H2,1H3. The molecule has 0 radical (unpaired) electrons. The SMILES string of the molecule is CSCCc1nc(C2CCCCN2Cc2ccccc2)n(CCO)n1. The van der Waals surface area contributed by atoms with E-state index >= 15 is 0 Å². The molecule has 0 aliphatic carbocycles. The molecule has 1 aliphatic rings. The van der Waals surface area contributed by atoms with E-state index < -0.39 is 0 Å². The number of thioether (sulfide) groups is 1. The Labute approximate surface area is 154 Å². The number of aliphatic hydroxyl groups is 1. The van der Waals surface area contributed by atoms with Gasteiger partial charge in [0.05, 0.1) is 19.2 Å². The quantitative estimate of drug-likeness (QED) is 0.784. The predicted octanol–water partition coefficient (Wildman–Crippen LogP) is 2.90. The first-order valence-corrected chi connectivity index (χ1v) is 10.5. The van der Waals surface area contributed by atoms with Crippen molar-refractivity contribution in [1.29, 1.82) is 0 Å². The molecule has 1 unspecified atom stereocenters. The van der Waals surface area contributed by atoms with Crippen LogP contribution in [-0.2, 0) is 19.5 Å². The molecular weight excluding hydrogens is 332 g/mol. The van der Waals surface area contributed by atoms with Crippen molar-refractivity contribution in [3.63, 3.8) is 0 Å². The van der Waals surface area contributed by atoms with E-state index in [1.165, 1.54) is 18.4 Å². The molecule has 0 bridgehead atoms. The van der Waals surface area contributed by atoms with Crippen molar-refractivity contribution in [3.8, 4) is 0 Å². The van der Waals surface area contributed by atoms with Gasteiger partial charge in [-0.25, -0.2) is 9.67 Å². The fourth-order valence-corrected chi connectivity index (χ4v) is 3.89. The molecule has 1 atom stereocenters. The predicted molar refractivity (Wildman–Crippen MR) is 103 cm³/mol. The molecule has 6 heteroatoms. The number of piperidine rings is 1. The van der Waals surface area contributed by atoms with Gasteiger partial charge in [0, 0.05) is 18.7 Å². The minimum Gasteiger partial charge on any atom is -0.394 e. The number of nitrogens with zero attached hydrogens (tertiary/aromatic N) is 4. The molecule has 3 rings (SSSR count). The summed E-state index contributed by atoms with van der Waals surface area (Å²) in [7, 11) is 0. The van der Waals surface area contributed by atoms with Crippen LogP contribution in [-0.4, -0.2) is 49.9 Å². The number of rotatable bonds is 8. The van der Waals surface area contributed by atoms with Crippen molar-refractivity contribution >= 4 is 11.8 Å². The van der Waals surface area contributed by atoms with Crippen molar-refractivity contribution < 1.29 is 5.11 Å². The summed E-state index contributed by atoms with van der Waals surface area (Å²) in [6.07, 6.45) is 6.56. The zero-order valence-corrected chi connectivity index (χ0v) is 15.8. The van der Waals surface area contributed by atoms with Crippen LogP contribution in [0.2, 0.25) is 0 Å². The summed E-state index contributed by atoms with van der Waals surface area (Å²) in [6.45, 7) is 2.66. The van der Waals surface area contributed by atoms with Gasteiger partial charge in [-0.15, -0.1) is 0 Å². The highest BCUT2D eigenvalue weighted by Gasteiger charge is 2.28. The van der Waals surface area contributed by atoms with Crippen LogP contribution in [0.4, 0.5) is 0 Å². The van der Waals surface area contributed by atoms with Crippen LogP contribution in [0.1, 0.15) is 42.5 Å². The maximum absolute atomic E-state index is 9.42. The molecular formula is C19H28N4OS. The van der Waals surface area contributed by atoms with Gasteiger partial charge in [-0.05, 0) is 31.2 Å². The van der Waals surface area contributed by atoms with E-state index in [4.69, 9.17) is 4.98 Å². The van der Waals surface area contributed by atoms with Gasteiger partial charge in [-0.1, -0.05) is 36.8 Å². The van der Waals surface area contributed by atoms with Crippen LogP contribution in [0.5, 0.6) is 0 Å². The van der Waals surface area contributed by atoms with Crippen molar-refractivity contribution in [2.45, 2.75) is 44.8 Å². The Hall–Kier alpha value is -1.37. The largest absolute Gasteiger partial charge is 0.394 e. The van der Waals surface area contributed by atoms with E-state index in [2.05, 4.69) is 46.6 Å². The topological polar surface area (TPSA) is 54.2 Å². The Morgan fingerprint density at radius 2 is 2.08 bits per heavy atom. The first-order chi connectivity index (χ1) is 12.3. The third kappa shape index (κ3) is 4.84. The van der Waals surface area contributed by atoms with Gasteiger partial charge in [0.1, 0.15) is 5.82 Å². The molecule has 0 spiro atoms. The molecule has 0 saturated carbocycles. The zero-order chi connectivity index (χ0) is 17.5. The molecule has 5 nitrogen and oxygen atoms in total. The monoisotopic (exact) mass is 360 g/mol. The Bertz CT molecular complexity index is 646. The highest BCUT2D eigenvalue weighted by molar-refractivity contribution is 7.98. The zero-order valence-electron chi connectivity index (χ0n) is 15.0. The van der Waals surface area contributed by atoms with E-state index in [0.29, 0.717) is 6.54 Å². The molecule has 1 saturated heterocycles. The lowest BCUT2D eigenvalue weighted by atomic mass is 10.0. The normalized spacial score (nSPS) is 18.6. The first kappa shape index (κ1) is 18.4. The molecule has 136 valence electrons. The number of aryl methyl sites for hydroxylation is 1. The summed E-state index contributed by atoms with van der Waals surface area (Å²) in [5.41, 5.74) is 1.34. The Morgan fingerprint density at radius 1 is 1.24 bits per heavy atom. The fraction of sp³-hybridized carbons (Fsp3) is 0.579. The number of likely N-dealkylation sites (tertiary alicyclic amines) is 1. The summed E-state index contributed by atoms with van der Waals surface area (Å²) in [5.74, 6) is 2.96. The van der Waals surface area contributed by atoms with E-state index in [1.807, 2.05) is 16.4 Å². The average molecular weight is 361 g/mol. The minimum absolute atomic E-state index is 0.101. The van der Waals surface area contributed by atoms with E-state index in [0.717, 1.165) is 43.3 Å². The number of benzene rings is 1. The van der Waals surface area contributed by atoms with Crippen LogP contribution >= 0.6 is 11.8 Å². The fourth-order valence-electron chi connectivity index (χ4n) is 3.50. The second-order valence-corrected chi connectivity index (χ2v) is 7.53. The minimum atomic E-state index is 0.101. The lowest BCUT2D eigenvalue weighted by molar-refractivity contribution is 0.128. The van der Waals surface area contributed by atoms with Gasteiger partial charge in [-0.2, -0.15) is 16.9 Å². The maximum Gasteiger partial charge on any atom is 0.151 e. The summed E-state index contributed by atoms with van der Waals surface area (Å²) in [4.78, 5) is 7.39. The Kier molecular flexibility index (Phi) is 6.90. The molecule has 1 aromatic heterocycles. The van der Waals surface area contributed by atoms with Crippen LogP contribution in [0.15, 0.2) is 30.3 Å². The second-order valence-electron chi connectivity index (χ2n) is 6.54. The summed E-state index contributed by atoms with van der Waals surface area (Å²) in [6, 6.07) is 10.9. The van der Waals surface area contributed by atoms with Crippen molar-refractivity contribution in [2.75, 3.05) is 25.2 Å². The second kappa shape index (κ2) is 9.36. The molecule has 25 heavy (non-hydrogen) atoms. The highest BCUT2D eigenvalue weighted by atomic mass is 32.2. The van der Waals surface area contributed by atoms with Crippen LogP contribution < -0.4 is 0 Å². The molecule has 0 amide bonds. The van der Waals surface area contributed by atoms with Crippen molar-refractivity contribution in [2.24, 2.45) is 0 Å². The van der Waals surface area contributed by atoms with Gasteiger partial charge in [0.25, 0.3) is 0 Å². The molecule has 2 heterocycles. The molecule has 1 N–H and O–H groups in total. The van der Waals surface area contributed by atoms with E-state index in [1.54, 1.807) is 0 Å². The molecule has 2 aromatic rings. The summed E-state index contributed by atoms with van der Waals surface area (Å²) < 4.78 is 1.93. The summed E-state index contributed by atoms with van der Waals surface area (Å²) >= 11 is 1.81. The lowest BCUT2D eigenvalue weighted by Crippen LogP contribution is -2.35. The van der Waals surface area contributed by atoms with E-state index in [-0.39, 0.29) is 12.6 Å². The van der Waals surface area contributed by atoms with E-state index in [9.17, 15) is 5.11 Å². The number of hydrogen-bond donors (Lipinski definition) is 1. The van der Waals surface area contributed by atoms with Gasteiger partial charge in [0.2, 0.25) is 0 Å². The van der Waals surface area contributed by atoms with Gasteiger partial charge in [-0.3, -0.25) is 4.90 Å². The Balaban J connectivity index is 1.82. The van der Waals surface area contributed by atoms with Crippen molar-refractivity contribution in [1.82, 2.24) is 19.7 Å². The highest BCUT2D eigenvalue weighted by Crippen LogP contribution is 2.31. The van der Waals surface area contributed by atoms with Crippen LogP contribution in [0, 0.1) is 0 Å². The van der Waals surface area contributed by atoms with Gasteiger partial charge in [0.15, 0.2) is 5.82 Å². The summed E-state index contributed by atoms with van der Waals surface area (Å²) in [5, 5.41) is 14.1. The van der Waals surface area contributed by atoms with Crippen LogP contribution in [0.3, 0.4) is 0 Å². The third-order valence-electron chi connectivity index (χ3n) is 4.73. The first-order valence-electron chi connectivity index (χ1n) is 9.13. The molecule has 1 fully saturated rings. The lowest BCUT2D eigenvalue weighted by Gasteiger charge is -2.35. The van der Waals surface area contributed by atoms with Crippen LogP contribution in [0.25, 0.3) is 0 Å². The Morgan fingerprint density at radius 3 is 2.84 bits per heavy atom. The van der Waals surface area contributed by atoms with Gasteiger partial charge >= 0.3 is 0 Å². The molecule has 1 aliphatic heterocycles. The number of aliphatic hydroxyl groups excluding tert-OH is 1. The number of aromatic nitrogens is 3. The average Bonchev–Trinajstić information content (AvgIpc) is 3.04. The smallest absolute Gasteiger partial charge is 0.151 e. The maximum atomic E-state index is 9.42. The number of hydrogen-bond acceptors (Lipinski definition) is 5. The molecule has 1 aromatic carbocycles. The van der Waals surface area contributed by atoms with Crippen molar-refractivity contribution in [3.05, 3.63) is 47.5 Å². The van der Waals surface area contributed by atoms with Gasteiger partial charge < -0.3 is 5.11 Å².